The van der Waals surface area contributed by atoms with Crippen LogP contribution in [0.3, 0.4) is 0 Å². The second-order valence-electron chi connectivity index (χ2n) is 7.53. The van der Waals surface area contributed by atoms with Gasteiger partial charge in [-0.25, -0.2) is 4.79 Å². The summed E-state index contributed by atoms with van der Waals surface area (Å²) in [6.45, 7) is 5.59. The van der Waals surface area contributed by atoms with Gasteiger partial charge < -0.3 is 19.5 Å². The molecule has 0 fully saturated rings. The first-order valence-electron chi connectivity index (χ1n) is 9.97. The van der Waals surface area contributed by atoms with Gasteiger partial charge in [0, 0.05) is 22.9 Å². The molecule has 1 heterocycles. The summed E-state index contributed by atoms with van der Waals surface area (Å²) in [7, 11) is 2.83. The predicted octanol–water partition coefficient (Wildman–Crippen LogP) is 2.87. The molecule has 1 aromatic rings. The van der Waals surface area contributed by atoms with Gasteiger partial charge in [0.05, 0.1) is 26.4 Å². The zero-order chi connectivity index (χ0) is 22.0. The molecule has 1 aliphatic carbocycles. The standard InChI is InChI=1S/C23H27NO6/c1-6-30-23(27)18-13(3)24-16-10-12(2)17(22(26)29-5)21(25)20(16)19(18)14-8-7-9-15(11-14)28-4/h7-9,11-12,17,19,24H,6,10H2,1-5H3. The van der Waals surface area contributed by atoms with Crippen LogP contribution in [0.1, 0.15) is 38.7 Å². The van der Waals surface area contributed by atoms with E-state index in [0.29, 0.717) is 29.0 Å². The number of hydrogen-bond donors (Lipinski definition) is 1. The molecule has 0 radical (unpaired) electrons. The van der Waals surface area contributed by atoms with Crippen molar-refractivity contribution in [3.63, 3.8) is 0 Å². The van der Waals surface area contributed by atoms with Crippen LogP contribution in [0.15, 0.2) is 46.8 Å². The van der Waals surface area contributed by atoms with Crippen LogP contribution in [0.25, 0.3) is 0 Å². The number of methoxy groups -OCH3 is 2. The molecule has 7 heteroatoms. The molecule has 0 saturated carbocycles. The van der Waals surface area contributed by atoms with E-state index >= 15 is 0 Å². The lowest BCUT2D eigenvalue weighted by molar-refractivity contribution is -0.151. The second-order valence-corrected chi connectivity index (χ2v) is 7.53. The van der Waals surface area contributed by atoms with Crippen LogP contribution >= 0.6 is 0 Å². The Kier molecular flexibility index (Phi) is 6.29. The lowest BCUT2D eigenvalue weighted by atomic mass is 9.69. The summed E-state index contributed by atoms with van der Waals surface area (Å²) in [4.78, 5) is 38.8. The molecule has 0 aromatic heterocycles. The Labute approximate surface area is 176 Å². The minimum absolute atomic E-state index is 0.210. The summed E-state index contributed by atoms with van der Waals surface area (Å²) >= 11 is 0. The van der Waals surface area contributed by atoms with Gasteiger partial charge in [0.2, 0.25) is 0 Å². The number of allylic oxidation sites excluding steroid dienone is 3. The number of ether oxygens (including phenoxy) is 3. The molecular weight excluding hydrogens is 386 g/mol. The Morgan fingerprint density at radius 3 is 2.60 bits per heavy atom. The molecule has 160 valence electrons. The minimum Gasteiger partial charge on any atom is -0.497 e. The van der Waals surface area contributed by atoms with Crippen molar-refractivity contribution >= 4 is 17.7 Å². The quantitative estimate of drug-likeness (QED) is 0.586. The third kappa shape index (κ3) is 3.72. The molecule has 2 aliphatic rings. The summed E-state index contributed by atoms with van der Waals surface area (Å²) < 4.78 is 15.5. The molecule has 3 unspecified atom stereocenters. The van der Waals surface area contributed by atoms with E-state index in [1.807, 2.05) is 19.1 Å². The molecular formula is C23H27NO6. The van der Waals surface area contributed by atoms with Gasteiger partial charge in [0.1, 0.15) is 11.7 Å². The first kappa shape index (κ1) is 21.6. The number of Topliss-reactive ketones (excluding diaryl/α,β-unsaturated/α-hetero) is 1. The Morgan fingerprint density at radius 2 is 1.97 bits per heavy atom. The predicted molar refractivity (Wildman–Crippen MR) is 110 cm³/mol. The van der Waals surface area contributed by atoms with Crippen molar-refractivity contribution in [2.45, 2.75) is 33.1 Å². The van der Waals surface area contributed by atoms with Crippen LogP contribution in [0, 0.1) is 11.8 Å². The van der Waals surface area contributed by atoms with Gasteiger partial charge in [-0.2, -0.15) is 0 Å². The summed E-state index contributed by atoms with van der Waals surface area (Å²) in [6, 6.07) is 7.24. The average molecular weight is 413 g/mol. The van der Waals surface area contributed by atoms with Crippen molar-refractivity contribution in [3.05, 3.63) is 52.4 Å². The van der Waals surface area contributed by atoms with E-state index in [0.717, 1.165) is 11.3 Å². The number of dihydropyridines is 1. The van der Waals surface area contributed by atoms with Crippen molar-refractivity contribution in [2.75, 3.05) is 20.8 Å². The molecule has 0 spiro atoms. The van der Waals surface area contributed by atoms with Gasteiger partial charge in [-0.05, 0) is 43.9 Å². The van der Waals surface area contributed by atoms with Crippen molar-refractivity contribution in [1.82, 2.24) is 5.32 Å². The fourth-order valence-corrected chi connectivity index (χ4v) is 4.31. The number of rotatable bonds is 5. The van der Waals surface area contributed by atoms with Gasteiger partial charge in [-0.15, -0.1) is 0 Å². The van der Waals surface area contributed by atoms with Crippen LogP contribution in [0.5, 0.6) is 5.75 Å². The van der Waals surface area contributed by atoms with Crippen LogP contribution in [-0.2, 0) is 23.9 Å². The highest BCUT2D eigenvalue weighted by atomic mass is 16.5. The van der Waals surface area contributed by atoms with Crippen molar-refractivity contribution in [1.29, 1.82) is 0 Å². The zero-order valence-electron chi connectivity index (χ0n) is 17.9. The van der Waals surface area contributed by atoms with Crippen LogP contribution in [0.4, 0.5) is 0 Å². The summed E-state index contributed by atoms with van der Waals surface area (Å²) in [5.41, 5.74) is 2.85. The van der Waals surface area contributed by atoms with E-state index in [1.165, 1.54) is 7.11 Å². The Hall–Kier alpha value is -3.09. The highest BCUT2D eigenvalue weighted by molar-refractivity contribution is 6.12. The summed E-state index contributed by atoms with van der Waals surface area (Å²) in [5.74, 6) is -2.58. The number of nitrogens with one attached hydrogen (secondary N) is 1. The molecule has 7 nitrogen and oxygen atoms in total. The lowest BCUT2D eigenvalue weighted by Crippen LogP contribution is -2.43. The Bertz CT molecular complexity index is 945. The molecule has 0 amide bonds. The third-order valence-electron chi connectivity index (χ3n) is 5.67. The van der Waals surface area contributed by atoms with Gasteiger partial charge in [-0.3, -0.25) is 9.59 Å². The van der Waals surface area contributed by atoms with Gasteiger partial charge in [0.25, 0.3) is 0 Å². The molecule has 0 saturated heterocycles. The second kappa shape index (κ2) is 8.73. The van der Waals surface area contributed by atoms with Crippen molar-refractivity contribution < 1.29 is 28.6 Å². The smallest absolute Gasteiger partial charge is 0.336 e. The maximum atomic E-state index is 13.5. The van der Waals surface area contributed by atoms with Crippen molar-refractivity contribution in [2.24, 2.45) is 11.8 Å². The number of carbonyl (C=O) groups excluding carboxylic acids is 3. The summed E-state index contributed by atoms with van der Waals surface area (Å²) in [5, 5.41) is 3.23. The minimum atomic E-state index is -0.912. The third-order valence-corrected chi connectivity index (χ3v) is 5.67. The number of hydrogen-bond acceptors (Lipinski definition) is 7. The Balaban J connectivity index is 2.20. The SMILES string of the molecule is CCOC(=O)C1=C(C)NC2=C(C(=O)C(C(=O)OC)C(C)C2)C1c1cccc(OC)c1. The topological polar surface area (TPSA) is 90.9 Å². The Morgan fingerprint density at radius 1 is 1.23 bits per heavy atom. The highest BCUT2D eigenvalue weighted by Crippen LogP contribution is 2.45. The maximum absolute atomic E-state index is 13.5. The fraction of sp³-hybridized carbons (Fsp3) is 0.435. The first-order valence-corrected chi connectivity index (χ1v) is 9.97. The number of ketones is 1. The largest absolute Gasteiger partial charge is 0.497 e. The molecule has 30 heavy (non-hydrogen) atoms. The van der Waals surface area contributed by atoms with E-state index in [2.05, 4.69) is 5.32 Å². The molecule has 1 aromatic carbocycles. The van der Waals surface area contributed by atoms with E-state index in [9.17, 15) is 14.4 Å². The van der Waals surface area contributed by atoms with E-state index in [1.54, 1.807) is 33.1 Å². The highest BCUT2D eigenvalue weighted by Gasteiger charge is 2.47. The van der Waals surface area contributed by atoms with Gasteiger partial charge in [-0.1, -0.05) is 19.1 Å². The monoisotopic (exact) mass is 413 g/mol. The van der Waals surface area contributed by atoms with Gasteiger partial charge >= 0.3 is 11.9 Å². The molecule has 3 rings (SSSR count). The van der Waals surface area contributed by atoms with Gasteiger partial charge in [0.15, 0.2) is 5.78 Å². The van der Waals surface area contributed by atoms with E-state index in [4.69, 9.17) is 14.2 Å². The molecule has 3 atom stereocenters. The number of carbonyl (C=O) groups is 3. The van der Waals surface area contributed by atoms with E-state index in [-0.39, 0.29) is 18.3 Å². The summed E-state index contributed by atoms with van der Waals surface area (Å²) in [6.07, 6.45) is 0.495. The lowest BCUT2D eigenvalue weighted by Gasteiger charge is -2.38. The number of benzene rings is 1. The average Bonchev–Trinajstić information content (AvgIpc) is 2.72. The zero-order valence-corrected chi connectivity index (χ0v) is 17.9. The maximum Gasteiger partial charge on any atom is 0.336 e. The normalized spacial score (nSPS) is 23.5. The van der Waals surface area contributed by atoms with Crippen LogP contribution < -0.4 is 10.1 Å². The number of esters is 2. The molecule has 1 aliphatic heterocycles. The molecule has 0 bridgehead atoms. The fourth-order valence-electron chi connectivity index (χ4n) is 4.31. The molecule has 1 N–H and O–H groups in total. The van der Waals surface area contributed by atoms with Crippen LogP contribution in [0.2, 0.25) is 0 Å². The first-order chi connectivity index (χ1) is 14.3. The van der Waals surface area contributed by atoms with E-state index < -0.39 is 23.8 Å². The van der Waals surface area contributed by atoms with Crippen molar-refractivity contribution in [3.8, 4) is 5.75 Å². The van der Waals surface area contributed by atoms with Crippen LogP contribution in [-0.4, -0.2) is 38.5 Å².